The number of carbonyl (C=O) groups excluding carboxylic acids is 1. The minimum atomic E-state index is -0.934. The number of ether oxygens (including phenoxy) is 1. The number of likely N-dealkylation sites (tertiary alicyclic amines) is 1. The third-order valence-corrected chi connectivity index (χ3v) is 3.07. The minimum absolute atomic E-state index is 0.121. The van der Waals surface area contributed by atoms with Gasteiger partial charge in [-0.15, -0.1) is 0 Å². The first-order chi connectivity index (χ1) is 8.69. The molecule has 1 rings (SSSR count). The fourth-order valence-electron chi connectivity index (χ4n) is 2.10. The topological polar surface area (TPSA) is 92.9 Å². The standard InChI is InChI=1S/C12H22N2O5/c1-12(2,3)19-11(16)13-6-4-9(5-7-13)10(15)8-14(17)18/h9-10,15H,4-8H2,1-3H3/t10-/m0/s1. The van der Waals surface area contributed by atoms with Gasteiger partial charge >= 0.3 is 6.09 Å². The fourth-order valence-corrected chi connectivity index (χ4v) is 2.10. The lowest BCUT2D eigenvalue weighted by molar-refractivity contribution is -0.492. The van der Waals surface area contributed by atoms with Crippen LogP contribution in [0, 0.1) is 16.0 Å². The first-order valence-corrected chi connectivity index (χ1v) is 6.47. The Morgan fingerprint density at radius 2 is 2.00 bits per heavy atom. The molecule has 1 amide bonds. The summed E-state index contributed by atoms with van der Waals surface area (Å²) in [6, 6.07) is 0. The Morgan fingerprint density at radius 3 is 2.42 bits per heavy atom. The van der Waals surface area contributed by atoms with Gasteiger partial charge in [-0.1, -0.05) is 0 Å². The Balaban J connectivity index is 2.40. The van der Waals surface area contributed by atoms with E-state index in [0.29, 0.717) is 25.9 Å². The van der Waals surface area contributed by atoms with E-state index in [1.165, 1.54) is 0 Å². The van der Waals surface area contributed by atoms with Crippen molar-refractivity contribution in [2.45, 2.75) is 45.3 Å². The number of aliphatic hydroxyl groups excluding tert-OH is 1. The molecule has 0 aromatic heterocycles. The van der Waals surface area contributed by atoms with Crippen molar-refractivity contribution in [1.29, 1.82) is 0 Å². The lowest BCUT2D eigenvalue weighted by Gasteiger charge is -2.34. The lowest BCUT2D eigenvalue weighted by Crippen LogP contribution is -2.44. The van der Waals surface area contributed by atoms with Crippen molar-refractivity contribution >= 4 is 6.09 Å². The molecule has 0 unspecified atom stereocenters. The van der Waals surface area contributed by atoms with E-state index in [1.54, 1.807) is 25.7 Å². The Bertz CT molecular complexity index is 332. The molecule has 1 heterocycles. The Morgan fingerprint density at radius 1 is 1.47 bits per heavy atom. The van der Waals surface area contributed by atoms with Crippen LogP contribution in [0.5, 0.6) is 0 Å². The van der Waals surface area contributed by atoms with Crippen LogP contribution in [0.15, 0.2) is 0 Å². The minimum Gasteiger partial charge on any atom is -0.444 e. The molecule has 1 N–H and O–H groups in total. The molecule has 7 heteroatoms. The first-order valence-electron chi connectivity index (χ1n) is 6.47. The zero-order valence-electron chi connectivity index (χ0n) is 11.7. The van der Waals surface area contributed by atoms with Crippen LogP contribution in [0.25, 0.3) is 0 Å². The van der Waals surface area contributed by atoms with E-state index in [1.807, 2.05) is 0 Å². The van der Waals surface area contributed by atoms with Crippen molar-refractivity contribution < 1.29 is 19.6 Å². The van der Waals surface area contributed by atoms with Crippen LogP contribution in [-0.2, 0) is 4.74 Å². The predicted octanol–water partition coefficient (Wildman–Crippen LogP) is 1.27. The molecular formula is C12H22N2O5. The van der Waals surface area contributed by atoms with E-state index < -0.39 is 23.2 Å². The number of nitrogens with zero attached hydrogens (tertiary/aromatic N) is 2. The SMILES string of the molecule is CC(C)(C)OC(=O)N1CCC([C@@H](O)C[N+](=O)[O-])CC1. The Labute approximate surface area is 112 Å². The molecule has 19 heavy (non-hydrogen) atoms. The Hall–Kier alpha value is -1.37. The molecule has 1 atom stereocenters. The molecule has 1 aliphatic heterocycles. The summed E-state index contributed by atoms with van der Waals surface area (Å²) in [6.07, 6.45) is -0.173. The highest BCUT2D eigenvalue weighted by molar-refractivity contribution is 5.68. The molecule has 0 radical (unpaired) electrons. The highest BCUT2D eigenvalue weighted by Crippen LogP contribution is 2.22. The highest BCUT2D eigenvalue weighted by atomic mass is 16.6. The predicted molar refractivity (Wildman–Crippen MR) is 68.4 cm³/mol. The maximum absolute atomic E-state index is 11.8. The average Bonchev–Trinajstić information content (AvgIpc) is 2.26. The van der Waals surface area contributed by atoms with Crippen molar-refractivity contribution in [3.8, 4) is 0 Å². The van der Waals surface area contributed by atoms with E-state index in [9.17, 15) is 20.0 Å². The second-order valence-electron chi connectivity index (χ2n) is 5.89. The van der Waals surface area contributed by atoms with Crippen LogP contribution < -0.4 is 0 Å². The molecule has 7 nitrogen and oxygen atoms in total. The number of piperidine rings is 1. The fraction of sp³-hybridized carbons (Fsp3) is 0.917. The zero-order chi connectivity index (χ0) is 14.6. The average molecular weight is 274 g/mol. The van der Waals surface area contributed by atoms with Crippen molar-refractivity contribution in [3.63, 3.8) is 0 Å². The molecular weight excluding hydrogens is 252 g/mol. The summed E-state index contributed by atoms with van der Waals surface area (Å²) >= 11 is 0. The summed E-state index contributed by atoms with van der Waals surface area (Å²) < 4.78 is 5.25. The van der Waals surface area contributed by atoms with Gasteiger partial charge in [0.05, 0.1) is 0 Å². The molecule has 0 saturated carbocycles. The van der Waals surface area contributed by atoms with Gasteiger partial charge < -0.3 is 14.7 Å². The normalized spacial score (nSPS) is 19.1. The van der Waals surface area contributed by atoms with Gasteiger partial charge in [-0.25, -0.2) is 4.79 Å². The van der Waals surface area contributed by atoms with E-state index in [-0.39, 0.29) is 12.0 Å². The van der Waals surface area contributed by atoms with Gasteiger partial charge in [-0.2, -0.15) is 0 Å². The molecule has 1 saturated heterocycles. The van der Waals surface area contributed by atoms with Crippen LogP contribution in [0.2, 0.25) is 0 Å². The van der Waals surface area contributed by atoms with Gasteiger partial charge in [-0.3, -0.25) is 10.1 Å². The van der Waals surface area contributed by atoms with Crippen LogP contribution in [0.1, 0.15) is 33.6 Å². The number of rotatable bonds is 3. The third kappa shape index (κ3) is 5.42. The summed E-state index contributed by atoms with van der Waals surface area (Å²) in [7, 11) is 0. The van der Waals surface area contributed by atoms with Gasteiger partial charge in [-0.05, 0) is 39.5 Å². The summed E-state index contributed by atoms with van der Waals surface area (Å²) in [5.74, 6) is -0.121. The largest absolute Gasteiger partial charge is 0.444 e. The number of carbonyl (C=O) groups is 1. The number of hydrogen-bond donors (Lipinski definition) is 1. The van der Waals surface area contributed by atoms with Crippen molar-refractivity contribution in [2.75, 3.05) is 19.6 Å². The van der Waals surface area contributed by atoms with Gasteiger partial charge in [0.1, 0.15) is 11.7 Å². The Kier molecular flexibility index (Phi) is 5.11. The third-order valence-electron chi connectivity index (χ3n) is 3.07. The van der Waals surface area contributed by atoms with Crippen molar-refractivity contribution in [1.82, 2.24) is 4.90 Å². The molecule has 0 aromatic carbocycles. The number of nitro groups is 1. The molecule has 0 spiro atoms. The molecule has 0 bridgehead atoms. The lowest BCUT2D eigenvalue weighted by atomic mass is 9.91. The molecule has 110 valence electrons. The van der Waals surface area contributed by atoms with Crippen LogP contribution >= 0.6 is 0 Å². The summed E-state index contributed by atoms with van der Waals surface area (Å²) in [5, 5.41) is 20.0. The molecule has 0 aliphatic carbocycles. The van der Waals surface area contributed by atoms with E-state index >= 15 is 0 Å². The van der Waals surface area contributed by atoms with Crippen LogP contribution in [0.4, 0.5) is 4.79 Å². The highest BCUT2D eigenvalue weighted by Gasteiger charge is 2.31. The molecule has 0 aromatic rings. The zero-order valence-corrected chi connectivity index (χ0v) is 11.7. The number of amides is 1. The van der Waals surface area contributed by atoms with E-state index in [2.05, 4.69) is 0 Å². The molecule has 1 fully saturated rings. The van der Waals surface area contributed by atoms with Gasteiger partial charge in [0.15, 0.2) is 0 Å². The van der Waals surface area contributed by atoms with Crippen molar-refractivity contribution in [2.24, 2.45) is 5.92 Å². The number of aliphatic hydroxyl groups is 1. The maximum atomic E-state index is 11.8. The van der Waals surface area contributed by atoms with Gasteiger partial charge in [0.2, 0.25) is 6.54 Å². The van der Waals surface area contributed by atoms with Crippen LogP contribution in [0.3, 0.4) is 0 Å². The van der Waals surface area contributed by atoms with Gasteiger partial charge in [0, 0.05) is 18.0 Å². The summed E-state index contributed by atoms with van der Waals surface area (Å²) in [6.45, 7) is 5.91. The van der Waals surface area contributed by atoms with Crippen molar-refractivity contribution in [3.05, 3.63) is 10.1 Å². The first kappa shape index (κ1) is 15.7. The van der Waals surface area contributed by atoms with E-state index in [4.69, 9.17) is 4.74 Å². The maximum Gasteiger partial charge on any atom is 0.410 e. The number of hydrogen-bond acceptors (Lipinski definition) is 5. The van der Waals surface area contributed by atoms with Crippen LogP contribution in [-0.4, -0.2) is 52.4 Å². The monoisotopic (exact) mass is 274 g/mol. The molecule has 1 aliphatic rings. The second kappa shape index (κ2) is 6.18. The second-order valence-corrected chi connectivity index (χ2v) is 5.89. The van der Waals surface area contributed by atoms with E-state index in [0.717, 1.165) is 0 Å². The summed E-state index contributed by atoms with van der Waals surface area (Å²) in [4.78, 5) is 23.2. The van der Waals surface area contributed by atoms with Gasteiger partial charge in [0.25, 0.3) is 0 Å². The summed E-state index contributed by atoms with van der Waals surface area (Å²) in [5.41, 5.74) is -0.529. The quantitative estimate of drug-likeness (QED) is 0.618. The smallest absolute Gasteiger partial charge is 0.410 e.